The Morgan fingerprint density at radius 1 is 1.15 bits per heavy atom. The highest BCUT2D eigenvalue weighted by Gasteiger charge is 2.41. The molecule has 26 heavy (non-hydrogen) atoms. The van der Waals surface area contributed by atoms with E-state index in [1.165, 1.54) is 22.7 Å². The highest BCUT2D eigenvalue weighted by atomic mass is 32.2. The molecule has 0 saturated carbocycles. The normalized spacial score (nSPS) is 24.3. The lowest BCUT2D eigenvalue weighted by Gasteiger charge is -2.36. The Hall–Kier alpha value is -2.04. The molecule has 140 valence electrons. The van der Waals surface area contributed by atoms with Crippen molar-refractivity contribution in [1.82, 2.24) is 28.9 Å². The standard InChI is InChI=1S/C16H22N6O3S/c1-20(2)26(24,25)21-8-11-3-5-13(10-21)22(9-11)16(23)12-4-6-14-15(7-12)18-19-17-14/h4,6-7,11,13H,3,5,8-10H2,1-2H3,(H,17,18,19)/t11-,13+/m1/s1. The maximum Gasteiger partial charge on any atom is 0.281 e. The molecule has 3 aliphatic heterocycles. The molecule has 2 bridgehead atoms. The van der Waals surface area contributed by atoms with Crippen LogP contribution in [0, 0.1) is 5.92 Å². The first-order chi connectivity index (χ1) is 12.4. The molecule has 3 aliphatic rings. The van der Waals surface area contributed by atoms with Crippen molar-refractivity contribution in [2.75, 3.05) is 33.7 Å². The largest absolute Gasteiger partial charge is 0.334 e. The number of aromatic amines is 1. The molecule has 1 amide bonds. The zero-order chi connectivity index (χ0) is 18.5. The van der Waals surface area contributed by atoms with Gasteiger partial charge in [-0.15, -0.1) is 0 Å². The molecule has 1 aromatic heterocycles. The van der Waals surface area contributed by atoms with Gasteiger partial charge in [-0.2, -0.15) is 32.4 Å². The molecule has 9 nitrogen and oxygen atoms in total. The van der Waals surface area contributed by atoms with Crippen molar-refractivity contribution in [3.05, 3.63) is 23.8 Å². The number of nitrogens with one attached hydrogen (secondary N) is 1. The number of H-pyrrole nitrogens is 1. The van der Waals surface area contributed by atoms with Crippen LogP contribution in [0.5, 0.6) is 0 Å². The Balaban J connectivity index is 1.61. The first kappa shape index (κ1) is 17.4. The average Bonchev–Trinajstić information content (AvgIpc) is 2.88. The van der Waals surface area contributed by atoms with Crippen molar-refractivity contribution >= 4 is 27.1 Å². The van der Waals surface area contributed by atoms with Gasteiger partial charge in [0.15, 0.2) is 0 Å². The van der Waals surface area contributed by atoms with Crippen LogP contribution in [0.1, 0.15) is 23.2 Å². The molecule has 0 aliphatic carbocycles. The smallest absolute Gasteiger partial charge is 0.281 e. The summed E-state index contributed by atoms with van der Waals surface area (Å²) < 4.78 is 27.9. The van der Waals surface area contributed by atoms with Crippen LogP contribution in [0.4, 0.5) is 0 Å². The quantitative estimate of drug-likeness (QED) is 0.828. The molecule has 0 unspecified atom stereocenters. The number of rotatable bonds is 3. The molecule has 0 spiro atoms. The van der Waals surface area contributed by atoms with E-state index in [1.807, 2.05) is 4.90 Å². The third-order valence-corrected chi connectivity index (χ3v) is 7.17. The summed E-state index contributed by atoms with van der Waals surface area (Å²) in [7, 11) is -0.398. The summed E-state index contributed by atoms with van der Waals surface area (Å²) in [5, 5.41) is 10.6. The summed E-state index contributed by atoms with van der Waals surface area (Å²) >= 11 is 0. The van der Waals surface area contributed by atoms with Crippen LogP contribution in [0.25, 0.3) is 11.0 Å². The second kappa shape index (κ2) is 6.29. The highest BCUT2D eigenvalue weighted by Crippen LogP contribution is 2.31. The number of hydrogen-bond acceptors (Lipinski definition) is 5. The molecule has 2 aromatic rings. The van der Waals surface area contributed by atoms with Gasteiger partial charge in [-0.25, -0.2) is 0 Å². The van der Waals surface area contributed by atoms with E-state index in [2.05, 4.69) is 15.4 Å². The topological polar surface area (TPSA) is 103 Å². The van der Waals surface area contributed by atoms with Crippen molar-refractivity contribution in [2.45, 2.75) is 18.9 Å². The number of nitrogens with zero attached hydrogens (tertiary/aromatic N) is 5. The minimum atomic E-state index is -3.48. The second-order valence-electron chi connectivity index (χ2n) is 7.19. The van der Waals surface area contributed by atoms with E-state index >= 15 is 0 Å². The molecule has 1 N–H and O–H groups in total. The van der Waals surface area contributed by atoms with Crippen molar-refractivity contribution in [3.63, 3.8) is 0 Å². The van der Waals surface area contributed by atoms with Gasteiger partial charge in [0, 0.05) is 45.3 Å². The zero-order valence-electron chi connectivity index (χ0n) is 14.8. The van der Waals surface area contributed by atoms with Gasteiger partial charge in [-0.1, -0.05) is 0 Å². The minimum absolute atomic E-state index is 0.0753. The highest BCUT2D eigenvalue weighted by molar-refractivity contribution is 7.86. The Morgan fingerprint density at radius 2 is 1.92 bits per heavy atom. The molecular formula is C16H22N6O3S. The number of hydrogen-bond donors (Lipinski definition) is 1. The van der Waals surface area contributed by atoms with Crippen LogP contribution < -0.4 is 0 Å². The molecule has 2 atom stereocenters. The lowest BCUT2D eigenvalue weighted by molar-refractivity contribution is 0.0588. The summed E-state index contributed by atoms with van der Waals surface area (Å²) in [6, 6.07) is 5.14. The number of carbonyl (C=O) groups is 1. The number of fused-ring (bicyclic) bond motifs is 5. The van der Waals surface area contributed by atoms with Crippen LogP contribution >= 0.6 is 0 Å². The van der Waals surface area contributed by atoms with Gasteiger partial charge in [-0.3, -0.25) is 4.79 Å². The monoisotopic (exact) mass is 378 g/mol. The Morgan fingerprint density at radius 3 is 2.69 bits per heavy atom. The molecule has 3 saturated heterocycles. The van der Waals surface area contributed by atoms with Crippen LogP contribution in [0.15, 0.2) is 18.2 Å². The number of benzene rings is 1. The fourth-order valence-corrected chi connectivity index (χ4v) is 5.07. The molecule has 10 heteroatoms. The van der Waals surface area contributed by atoms with E-state index < -0.39 is 10.2 Å². The van der Waals surface area contributed by atoms with E-state index in [9.17, 15) is 13.2 Å². The molecule has 3 fully saturated rings. The number of aromatic nitrogens is 3. The Labute approximate surface area is 152 Å². The average molecular weight is 378 g/mol. The Kier molecular flexibility index (Phi) is 4.20. The third-order valence-electron chi connectivity index (χ3n) is 5.29. The van der Waals surface area contributed by atoms with Crippen molar-refractivity contribution in [3.8, 4) is 0 Å². The summed E-state index contributed by atoms with van der Waals surface area (Å²) in [6.45, 7) is 1.39. The summed E-state index contributed by atoms with van der Waals surface area (Å²) in [5.74, 6) is 0.0805. The van der Waals surface area contributed by atoms with E-state index in [1.54, 1.807) is 18.2 Å². The number of carbonyl (C=O) groups excluding carboxylic acids is 1. The summed E-state index contributed by atoms with van der Waals surface area (Å²) in [6.07, 6.45) is 1.76. The molecule has 1 aromatic carbocycles. The summed E-state index contributed by atoms with van der Waals surface area (Å²) in [5.41, 5.74) is 1.91. The second-order valence-corrected chi connectivity index (χ2v) is 9.33. The predicted molar refractivity (Wildman–Crippen MR) is 95.6 cm³/mol. The molecular weight excluding hydrogens is 356 g/mol. The summed E-state index contributed by atoms with van der Waals surface area (Å²) in [4.78, 5) is 14.9. The van der Waals surface area contributed by atoms with Crippen molar-refractivity contribution < 1.29 is 13.2 Å². The maximum atomic E-state index is 13.1. The molecule has 0 radical (unpaired) electrons. The lowest BCUT2D eigenvalue weighted by Crippen LogP contribution is -2.48. The van der Waals surface area contributed by atoms with Gasteiger partial charge in [0.05, 0.1) is 0 Å². The maximum absolute atomic E-state index is 13.1. The van der Waals surface area contributed by atoms with E-state index in [0.717, 1.165) is 12.8 Å². The van der Waals surface area contributed by atoms with Crippen molar-refractivity contribution in [2.24, 2.45) is 5.92 Å². The van der Waals surface area contributed by atoms with Gasteiger partial charge in [-0.05, 0) is 37.0 Å². The molecule has 5 rings (SSSR count). The zero-order valence-corrected chi connectivity index (χ0v) is 15.6. The van der Waals surface area contributed by atoms with Gasteiger partial charge >= 0.3 is 0 Å². The van der Waals surface area contributed by atoms with Gasteiger partial charge in [0.25, 0.3) is 16.1 Å². The third kappa shape index (κ3) is 2.87. The molecule has 4 heterocycles. The lowest BCUT2D eigenvalue weighted by atomic mass is 9.94. The SMILES string of the molecule is CN(C)S(=O)(=O)N1C[C@H]2CC[C@@H](C1)N(C(=O)c1ccc3n[nH]nc3c1)C2. The minimum Gasteiger partial charge on any atom is -0.334 e. The van der Waals surface area contributed by atoms with Crippen LogP contribution in [-0.4, -0.2) is 83.0 Å². The first-order valence-corrected chi connectivity index (χ1v) is 10.0. The number of amides is 1. The van der Waals surface area contributed by atoms with Gasteiger partial charge in [0.2, 0.25) is 0 Å². The fraction of sp³-hybridized carbons (Fsp3) is 0.562. The van der Waals surface area contributed by atoms with Gasteiger partial charge in [0.1, 0.15) is 11.0 Å². The van der Waals surface area contributed by atoms with Gasteiger partial charge < -0.3 is 4.90 Å². The first-order valence-electron chi connectivity index (χ1n) is 8.65. The van der Waals surface area contributed by atoms with Crippen molar-refractivity contribution in [1.29, 1.82) is 0 Å². The number of piperidine rings is 1. The van der Waals surface area contributed by atoms with E-state index in [-0.39, 0.29) is 17.9 Å². The predicted octanol–water partition coefficient (Wildman–Crippen LogP) is 0.301. The fourth-order valence-electron chi connectivity index (χ4n) is 3.85. The van der Waals surface area contributed by atoms with Crippen LogP contribution in [0.2, 0.25) is 0 Å². The van der Waals surface area contributed by atoms with E-state index in [0.29, 0.717) is 36.2 Å². The van der Waals surface area contributed by atoms with Crippen LogP contribution in [0.3, 0.4) is 0 Å². The van der Waals surface area contributed by atoms with Crippen LogP contribution in [-0.2, 0) is 10.2 Å². The van der Waals surface area contributed by atoms with E-state index in [4.69, 9.17) is 0 Å². The Bertz CT molecular complexity index is 940.